The van der Waals surface area contributed by atoms with Crippen LogP contribution in [0.5, 0.6) is 11.8 Å². The van der Waals surface area contributed by atoms with Crippen molar-refractivity contribution in [3.8, 4) is 11.8 Å². The number of carbonyl (C=O) groups is 1. The minimum absolute atomic E-state index is 0.00205. The van der Waals surface area contributed by atoms with Crippen LogP contribution >= 0.6 is 0 Å². The molecule has 2 aliphatic heterocycles. The Morgan fingerprint density at radius 1 is 1.15 bits per heavy atom. The number of hydrogen-bond donors (Lipinski definition) is 1. The molecule has 1 aliphatic carbocycles. The lowest BCUT2D eigenvalue weighted by Gasteiger charge is -2.34. The van der Waals surface area contributed by atoms with Gasteiger partial charge in [-0.3, -0.25) is 9.79 Å². The molecule has 1 saturated heterocycles. The molecule has 0 saturated carbocycles. The zero-order valence-electron chi connectivity index (χ0n) is 19.6. The number of anilines is 2. The zero-order chi connectivity index (χ0) is 23.8. The van der Waals surface area contributed by atoms with E-state index in [1.165, 1.54) is 0 Å². The number of nitrogens with zero attached hydrogens (tertiary/aromatic N) is 5. The van der Waals surface area contributed by atoms with Gasteiger partial charge in [0.25, 0.3) is 0 Å². The normalized spacial score (nSPS) is 17.4. The Morgan fingerprint density at radius 3 is 2.74 bits per heavy atom. The number of hydrogen-bond acceptors (Lipinski definition) is 7. The summed E-state index contributed by atoms with van der Waals surface area (Å²) in [4.78, 5) is 29.6. The summed E-state index contributed by atoms with van der Waals surface area (Å²) in [5.74, 6) is 1.36. The molecule has 0 bridgehead atoms. The van der Waals surface area contributed by atoms with Gasteiger partial charge in [0.05, 0.1) is 13.1 Å². The molecule has 0 unspecified atom stereocenters. The predicted octanol–water partition coefficient (Wildman–Crippen LogP) is 3.81. The lowest BCUT2D eigenvalue weighted by atomic mass is 10.1. The van der Waals surface area contributed by atoms with E-state index in [0.717, 1.165) is 23.1 Å². The molecule has 5 rings (SSSR count). The summed E-state index contributed by atoms with van der Waals surface area (Å²) in [6.45, 7) is 8.70. The van der Waals surface area contributed by atoms with Crippen LogP contribution in [0.15, 0.2) is 40.4 Å². The van der Waals surface area contributed by atoms with Crippen molar-refractivity contribution in [2.75, 3.05) is 42.9 Å². The standard InChI is InChI=1S/C25H27FN6O2/c1-4-31-7-8-32(14-23(31)33)22-12-21(28-20-11-16(3)13-27-20)29-25(30-22)34-19-6-5-17-9-15(2)10-18(17)24(19)26/h5-6,10-12H,4,7-9,13-14H2,1-3H3,(H,27,28,29,30). The third-order valence-corrected chi connectivity index (χ3v) is 6.15. The maximum absolute atomic E-state index is 15.2. The SMILES string of the molecule is CCN1CCN(c2cc(NC3=NCC(C)=C3)nc(Oc3ccc4c(c3F)C=C(C)C4)n2)CC1=O. The molecule has 3 aliphatic rings. The molecule has 0 atom stereocenters. The fourth-order valence-electron chi connectivity index (χ4n) is 4.36. The van der Waals surface area contributed by atoms with E-state index in [0.29, 0.717) is 49.2 Å². The molecule has 176 valence electrons. The minimum Gasteiger partial charge on any atom is -0.421 e. The van der Waals surface area contributed by atoms with E-state index in [4.69, 9.17) is 4.74 Å². The van der Waals surface area contributed by atoms with E-state index in [9.17, 15) is 4.79 Å². The Bertz CT molecular complexity index is 1250. The molecule has 1 fully saturated rings. The summed E-state index contributed by atoms with van der Waals surface area (Å²) in [6, 6.07) is 5.24. The van der Waals surface area contributed by atoms with Gasteiger partial charge in [0.1, 0.15) is 17.5 Å². The second-order valence-corrected chi connectivity index (χ2v) is 8.83. The van der Waals surface area contributed by atoms with Gasteiger partial charge in [-0.05, 0) is 50.5 Å². The molecule has 1 aromatic carbocycles. The third kappa shape index (κ3) is 4.37. The number of fused-ring (bicyclic) bond motifs is 1. The van der Waals surface area contributed by atoms with Gasteiger partial charge in [-0.25, -0.2) is 4.39 Å². The van der Waals surface area contributed by atoms with Gasteiger partial charge in [0.15, 0.2) is 11.6 Å². The number of rotatable bonds is 5. The zero-order valence-corrected chi connectivity index (χ0v) is 19.6. The van der Waals surface area contributed by atoms with Gasteiger partial charge >= 0.3 is 6.01 Å². The van der Waals surface area contributed by atoms with Crippen molar-refractivity contribution in [3.63, 3.8) is 0 Å². The number of benzene rings is 1. The molecule has 2 aromatic rings. The number of amidine groups is 1. The smallest absolute Gasteiger partial charge is 0.326 e. The predicted molar refractivity (Wildman–Crippen MR) is 130 cm³/mol. The highest BCUT2D eigenvalue weighted by molar-refractivity contribution is 6.05. The number of carbonyl (C=O) groups excluding carboxylic acids is 1. The largest absolute Gasteiger partial charge is 0.421 e. The van der Waals surface area contributed by atoms with Gasteiger partial charge in [0.2, 0.25) is 5.91 Å². The van der Waals surface area contributed by atoms with Crippen LogP contribution < -0.4 is 15.0 Å². The van der Waals surface area contributed by atoms with Gasteiger partial charge in [0, 0.05) is 31.3 Å². The van der Waals surface area contributed by atoms with Crippen molar-refractivity contribution in [1.29, 1.82) is 0 Å². The molecular formula is C25H27FN6O2. The number of aliphatic imine (C=N–C) groups is 1. The summed E-state index contributed by atoms with van der Waals surface area (Å²) >= 11 is 0. The Balaban J connectivity index is 1.47. The summed E-state index contributed by atoms with van der Waals surface area (Å²) in [5, 5.41) is 3.19. The molecule has 1 N–H and O–H groups in total. The second kappa shape index (κ2) is 8.89. The number of likely N-dealkylation sites (N-methyl/N-ethyl adjacent to an activating group) is 1. The van der Waals surface area contributed by atoms with Crippen molar-refractivity contribution in [2.24, 2.45) is 4.99 Å². The van der Waals surface area contributed by atoms with Crippen LogP contribution in [0.25, 0.3) is 6.08 Å². The van der Waals surface area contributed by atoms with Crippen molar-refractivity contribution >= 4 is 29.5 Å². The topological polar surface area (TPSA) is 82.9 Å². The minimum atomic E-state index is -0.427. The van der Waals surface area contributed by atoms with Crippen molar-refractivity contribution in [2.45, 2.75) is 27.2 Å². The number of halogens is 1. The lowest BCUT2D eigenvalue weighted by Crippen LogP contribution is -2.50. The van der Waals surface area contributed by atoms with E-state index in [2.05, 4.69) is 20.3 Å². The molecule has 9 heteroatoms. The molecule has 8 nitrogen and oxygen atoms in total. The Kier molecular flexibility index (Phi) is 5.77. The maximum Gasteiger partial charge on any atom is 0.326 e. The second-order valence-electron chi connectivity index (χ2n) is 8.83. The van der Waals surface area contributed by atoms with Crippen LogP contribution in [-0.2, 0) is 11.2 Å². The highest BCUT2D eigenvalue weighted by Gasteiger charge is 2.25. The monoisotopic (exact) mass is 462 g/mol. The molecule has 0 spiro atoms. The number of ether oxygens (including phenoxy) is 1. The average molecular weight is 463 g/mol. The highest BCUT2D eigenvalue weighted by Crippen LogP contribution is 2.34. The first-order valence-corrected chi connectivity index (χ1v) is 11.5. The first-order chi connectivity index (χ1) is 16.4. The quantitative estimate of drug-likeness (QED) is 0.728. The van der Waals surface area contributed by atoms with Crippen LogP contribution in [0.2, 0.25) is 0 Å². The van der Waals surface area contributed by atoms with Gasteiger partial charge in [-0.15, -0.1) is 0 Å². The van der Waals surface area contributed by atoms with Crippen LogP contribution in [0.3, 0.4) is 0 Å². The van der Waals surface area contributed by atoms with Crippen molar-refractivity contribution in [3.05, 3.63) is 52.4 Å². The molecule has 1 aromatic heterocycles. The highest BCUT2D eigenvalue weighted by atomic mass is 19.1. The Labute approximate surface area is 197 Å². The molecule has 34 heavy (non-hydrogen) atoms. The summed E-state index contributed by atoms with van der Waals surface area (Å²) in [6.07, 6.45) is 4.52. The number of aromatic nitrogens is 2. The first-order valence-electron chi connectivity index (χ1n) is 11.5. The van der Waals surface area contributed by atoms with E-state index >= 15 is 4.39 Å². The van der Waals surface area contributed by atoms with Crippen molar-refractivity contribution in [1.82, 2.24) is 14.9 Å². The average Bonchev–Trinajstić information content (AvgIpc) is 3.40. The molecule has 3 heterocycles. The first kappa shape index (κ1) is 22.1. The summed E-state index contributed by atoms with van der Waals surface area (Å²) in [5.41, 5.74) is 3.73. The van der Waals surface area contributed by atoms with Crippen LogP contribution in [0, 0.1) is 5.82 Å². The molecule has 1 amide bonds. The van der Waals surface area contributed by atoms with Gasteiger partial charge < -0.3 is 19.9 Å². The fourth-order valence-corrected chi connectivity index (χ4v) is 4.36. The van der Waals surface area contributed by atoms with Gasteiger partial charge in [-0.1, -0.05) is 17.7 Å². The molecular weight excluding hydrogens is 435 g/mol. The van der Waals surface area contributed by atoms with Crippen molar-refractivity contribution < 1.29 is 13.9 Å². The van der Waals surface area contributed by atoms with Crippen LogP contribution in [-0.4, -0.2) is 59.3 Å². The fraction of sp³-hybridized carbons (Fsp3) is 0.360. The number of allylic oxidation sites excluding steroid dienone is 1. The number of piperazine rings is 1. The van der Waals surface area contributed by atoms with Crippen LogP contribution in [0.4, 0.5) is 16.0 Å². The number of amides is 1. The third-order valence-electron chi connectivity index (χ3n) is 6.15. The Morgan fingerprint density at radius 2 is 2.00 bits per heavy atom. The van der Waals surface area contributed by atoms with E-state index in [-0.39, 0.29) is 24.2 Å². The van der Waals surface area contributed by atoms with Gasteiger partial charge in [-0.2, -0.15) is 9.97 Å². The summed E-state index contributed by atoms with van der Waals surface area (Å²) < 4.78 is 21.0. The molecule has 0 radical (unpaired) electrons. The van der Waals surface area contributed by atoms with E-state index < -0.39 is 5.82 Å². The van der Waals surface area contributed by atoms with E-state index in [1.54, 1.807) is 12.1 Å². The van der Waals surface area contributed by atoms with E-state index in [1.807, 2.05) is 48.8 Å². The lowest BCUT2D eigenvalue weighted by molar-refractivity contribution is -0.130. The summed E-state index contributed by atoms with van der Waals surface area (Å²) in [7, 11) is 0. The van der Waals surface area contributed by atoms with Crippen LogP contribution in [0.1, 0.15) is 31.9 Å². The Hall–Kier alpha value is -3.75. The number of nitrogens with one attached hydrogen (secondary N) is 1. The maximum atomic E-state index is 15.2.